The van der Waals surface area contributed by atoms with Gasteiger partial charge in [-0.3, -0.25) is 0 Å². The maximum Gasteiger partial charge on any atom is 0.242 e. The van der Waals surface area contributed by atoms with Gasteiger partial charge in [-0.1, -0.05) is 43.4 Å². The van der Waals surface area contributed by atoms with E-state index in [0.29, 0.717) is 5.92 Å². The Balaban J connectivity index is 2.35. The maximum absolute atomic E-state index is 12.7. The summed E-state index contributed by atoms with van der Waals surface area (Å²) in [6.45, 7) is 5.85. The molecule has 1 fully saturated rings. The van der Waals surface area contributed by atoms with Crippen molar-refractivity contribution in [3.63, 3.8) is 0 Å². The molecule has 2 rings (SSSR count). The van der Waals surface area contributed by atoms with E-state index in [-0.39, 0.29) is 0 Å². The van der Waals surface area contributed by atoms with Gasteiger partial charge in [-0.25, -0.2) is 0 Å². The summed E-state index contributed by atoms with van der Waals surface area (Å²) in [6.07, 6.45) is 5.88. The van der Waals surface area contributed by atoms with Crippen molar-refractivity contribution in [1.82, 2.24) is 0 Å². The first-order valence-electron chi connectivity index (χ1n) is 7.90. The van der Waals surface area contributed by atoms with Crippen LogP contribution < -0.4 is 0 Å². The molecule has 112 valence electrons. The number of rotatable bonds is 1. The molecule has 1 saturated carbocycles. The van der Waals surface area contributed by atoms with Crippen molar-refractivity contribution in [2.75, 3.05) is 0 Å². The largest absolute Gasteiger partial charge is 0.623 e. The van der Waals surface area contributed by atoms with Crippen LogP contribution in [0.1, 0.15) is 58.4 Å². The van der Waals surface area contributed by atoms with E-state index in [2.05, 4.69) is 11.8 Å². The molecule has 0 heterocycles. The summed E-state index contributed by atoms with van der Waals surface area (Å²) in [4.78, 5) is 0. The normalized spacial score (nSPS) is 17.7. The van der Waals surface area contributed by atoms with E-state index in [1.807, 2.05) is 51.1 Å². The van der Waals surface area contributed by atoms with Gasteiger partial charge in [0.1, 0.15) is 0 Å². The molecule has 1 aromatic carbocycles. The average molecular weight is 283 g/mol. The molecule has 0 atom stereocenters. The van der Waals surface area contributed by atoms with Crippen LogP contribution in [0.5, 0.6) is 0 Å². The van der Waals surface area contributed by atoms with Crippen LogP contribution in [0.2, 0.25) is 0 Å². The van der Waals surface area contributed by atoms with E-state index in [1.165, 1.54) is 19.3 Å². The van der Waals surface area contributed by atoms with Crippen molar-refractivity contribution in [3.05, 3.63) is 41.1 Å². The lowest BCUT2D eigenvalue weighted by Gasteiger charge is -2.26. The minimum atomic E-state index is -0.432. The lowest BCUT2D eigenvalue weighted by molar-refractivity contribution is -0.536. The summed E-state index contributed by atoms with van der Waals surface area (Å²) >= 11 is 0. The van der Waals surface area contributed by atoms with Crippen molar-refractivity contribution >= 4 is 5.71 Å². The minimum absolute atomic E-state index is 0.326. The van der Waals surface area contributed by atoms with Crippen LogP contribution in [-0.2, 0) is 0 Å². The Morgan fingerprint density at radius 3 is 2.29 bits per heavy atom. The zero-order valence-corrected chi connectivity index (χ0v) is 13.4. The molecular weight excluding hydrogens is 258 g/mol. The van der Waals surface area contributed by atoms with Gasteiger partial charge in [-0.15, -0.1) is 0 Å². The van der Waals surface area contributed by atoms with Gasteiger partial charge in [0.05, 0.1) is 5.92 Å². The van der Waals surface area contributed by atoms with Crippen molar-refractivity contribution in [3.8, 4) is 11.8 Å². The Labute approximate surface area is 128 Å². The topological polar surface area (TPSA) is 26.1 Å². The number of hydrogen-bond donors (Lipinski definition) is 0. The fourth-order valence-electron chi connectivity index (χ4n) is 2.71. The van der Waals surface area contributed by atoms with Gasteiger partial charge in [0.15, 0.2) is 5.54 Å². The van der Waals surface area contributed by atoms with Crippen LogP contribution in [0.3, 0.4) is 0 Å². The second-order valence-corrected chi connectivity index (χ2v) is 6.80. The van der Waals surface area contributed by atoms with Crippen molar-refractivity contribution in [2.24, 2.45) is 5.92 Å². The van der Waals surface area contributed by atoms with Gasteiger partial charge >= 0.3 is 0 Å². The number of benzene rings is 1. The van der Waals surface area contributed by atoms with Crippen LogP contribution in [0.25, 0.3) is 0 Å². The predicted molar refractivity (Wildman–Crippen MR) is 88.3 cm³/mol. The molecule has 0 aromatic heterocycles. The van der Waals surface area contributed by atoms with Crippen LogP contribution in [0.15, 0.2) is 30.3 Å². The van der Waals surface area contributed by atoms with E-state index >= 15 is 0 Å². The van der Waals surface area contributed by atoms with Gasteiger partial charge in [0.25, 0.3) is 0 Å². The van der Waals surface area contributed by atoms with Crippen LogP contribution >= 0.6 is 0 Å². The first kappa shape index (κ1) is 15.6. The highest BCUT2D eigenvalue weighted by atomic mass is 16.5. The fraction of sp³-hybridized carbons (Fsp3) is 0.526. The number of hydrogen-bond acceptors (Lipinski definition) is 1. The monoisotopic (exact) mass is 283 g/mol. The summed E-state index contributed by atoms with van der Waals surface area (Å²) in [6, 6.07) is 9.90. The lowest BCUT2D eigenvalue weighted by Crippen LogP contribution is -2.36. The molecule has 21 heavy (non-hydrogen) atoms. The molecule has 1 aliphatic carbocycles. The molecule has 0 spiro atoms. The van der Waals surface area contributed by atoms with Gasteiger partial charge in [-0.2, -0.15) is 4.74 Å². The Hall–Kier alpha value is -1.75. The third-order valence-electron chi connectivity index (χ3n) is 3.93. The molecule has 0 saturated heterocycles. The molecule has 0 bridgehead atoms. The molecule has 2 nitrogen and oxygen atoms in total. The van der Waals surface area contributed by atoms with Crippen molar-refractivity contribution in [1.29, 1.82) is 0 Å². The zero-order chi connectivity index (χ0) is 15.3. The first-order chi connectivity index (χ1) is 9.98. The maximum atomic E-state index is 12.7. The minimum Gasteiger partial charge on any atom is -0.623 e. The lowest BCUT2D eigenvalue weighted by atomic mass is 9.85. The van der Waals surface area contributed by atoms with Crippen molar-refractivity contribution in [2.45, 2.75) is 58.4 Å². The summed E-state index contributed by atoms with van der Waals surface area (Å²) in [7, 11) is 0. The smallest absolute Gasteiger partial charge is 0.242 e. The van der Waals surface area contributed by atoms with E-state index < -0.39 is 5.54 Å². The summed E-state index contributed by atoms with van der Waals surface area (Å²) in [5.41, 5.74) is 1.30. The second-order valence-electron chi connectivity index (χ2n) is 6.80. The Morgan fingerprint density at radius 1 is 1.10 bits per heavy atom. The van der Waals surface area contributed by atoms with Gasteiger partial charge in [0, 0.05) is 32.3 Å². The summed E-state index contributed by atoms with van der Waals surface area (Å²) < 4.78 is 1.14. The molecule has 0 amide bonds. The van der Waals surface area contributed by atoms with E-state index in [4.69, 9.17) is 0 Å². The standard InChI is InChI=1S/C19H25NO/c1-19(2,3)20(21)18(17-12-8-5-9-13-17)15-14-16-10-6-4-7-11-16/h4,6-7,10-11,17H,5,8-9,12-13H2,1-3H3/b20-18+. The molecule has 0 N–H and O–H groups in total. The Kier molecular flexibility index (Phi) is 5.07. The molecule has 0 radical (unpaired) electrons. The molecular formula is C19H25NO. The van der Waals surface area contributed by atoms with E-state index in [1.54, 1.807) is 0 Å². The van der Waals surface area contributed by atoms with E-state index in [0.717, 1.165) is 28.9 Å². The average Bonchev–Trinajstić information content (AvgIpc) is 2.48. The number of nitrogens with zero attached hydrogens (tertiary/aromatic N) is 1. The fourth-order valence-corrected chi connectivity index (χ4v) is 2.71. The molecule has 1 aromatic rings. The second kappa shape index (κ2) is 6.80. The Bertz CT molecular complexity index is 549. The first-order valence-corrected chi connectivity index (χ1v) is 7.90. The summed E-state index contributed by atoms with van der Waals surface area (Å²) in [5, 5.41) is 12.7. The van der Waals surface area contributed by atoms with E-state index in [9.17, 15) is 5.21 Å². The van der Waals surface area contributed by atoms with Gasteiger partial charge in [0.2, 0.25) is 5.71 Å². The molecule has 2 heteroatoms. The zero-order valence-electron chi connectivity index (χ0n) is 13.4. The van der Waals surface area contributed by atoms with Crippen molar-refractivity contribution < 1.29 is 4.74 Å². The highest BCUT2D eigenvalue weighted by Gasteiger charge is 2.29. The summed E-state index contributed by atoms with van der Waals surface area (Å²) in [5.74, 6) is 6.68. The third-order valence-corrected chi connectivity index (χ3v) is 3.93. The third kappa shape index (κ3) is 4.36. The number of hydroxylamine groups is 1. The molecule has 0 aliphatic heterocycles. The Morgan fingerprint density at radius 2 is 1.71 bits per heavy atom. The SMILES string of the molecule is CC(C)(C)/[N+]([O-])=C(/C#Cc1ccccc1)C1CCCCC1. The van der Waals surface area contributed by atoms with Gasteiger partial charge < -0.3 is 5.21 Å². The predicted octanol–water partition coefficient (Wildman–Crippen LogP) is 4.37. The molecule has 1 aliphatic rings. The quantitative estimate of drug-likeness (QED) is 0.247. The highest BCUT2D eigenvalue weighted by molar-refractivity contribution is 5.99. The highest BCUT2D eigenvalue weighted by Crippen LogP contribution is 2.26. The van der Waals surface area contributed by atoms with Crippen LogP contribution in [0.4, 0.5) is 0 Å². The molecule has 0 unspecified atom stereocenters. The van der Waals surface area contributed by atoms with Crippen LogP contribution in [-0.4, -0.2) is 16.0 Å². The van der Waals surface area contributed by atoms with Crippen LogP contribution in [0, 0.1) is 23.0 Å². The van der Waals surface area contributed by atoms with Gasteiger partial charge in [-0.05, 0) is 25.0 Å².